The van der Waals surface area contributed by atoms with Crippen molar-refractivity contribution in [3.05, 3.63) is 12.2 Å². The Morgan fingerprint density at radius 3 is 2.41 bits per heavy atom. The summed E-state index contributed by atoms with van der Waals surface area (Å²) in [5, 5.41) is 3.91. The summed E-state index contributed by atoms with van der Waals surface area (Å²) >= 11 is 0. The van der Waals surface area contributed by atoms with Crippen molar-refractivity contribution < 1.29 is 0 Å². The Morgan fingerprint density at radius 1 is 1.29 bits per heavy atom. The maximum Gasteiger partial charge on any atom is 0.0335 e. The third-order valence-corrected chi connectivity index (χ3v) is 4.39. The van der Waals surface area contributed by atoms with Gasteiger partial charge in [-0.05, 0) is 50.4 Å². The van der Waals surface area contributed by atoms with Gasteiger partial charge in [0.2, 0.25) is 0 Å². The van der Waals surface area contributed by atoms with E-state index >= 15 is 0 Å². The first-order chi connectivity index (χ1) is 8.16. The van der Waals surface area contributed by atoms with Crippen molar-refractivity contribution in [1.82, 2.24) is 5.32 Å². The summed E-state index contributed by atoms with van der Waals surface area (Å²) in [5.41, 5.74) is 6.37. The normalized spacial score (nSPS) is 24.5. The lowest BCUT2D eigenvalue weighted by Gasteiger charge is -2.38. The Kier molecular flexibility index (Phi) is 4.26. The first kappa shape index (κ1) is 13.1. The predicted octanol–water partition coefficient (Wildman–Crippen LogP) is 2.84. The first-order valence-electron chi connectivity index (χ1n) is 7.29. The van der Waals surface area contributed by atoms with Gasteiger partial charge in [-0.2, -0.15) is 0 Å². The summed E-state index contributed by atoms with van der Waals surface area (Å²) < 4.78 is 0. The number of hydrogen-bond acceptors (Lipinski definition) is 2. The van der Waals surface area contributed by atoms with Gasteiger partial charge in [0.15, 0.2) is 0 Å². The maximum absolute atomic E-state index is 6.13. The van der Waals surface area contributed by atoms with E-state index in [1.807, 2.05) is 0 Å². The van der Waals surface area contributed by atoms with Crippen molar-refractivity contribution in [3.8, 4) is 0 Å². The Bertz CT molecular complexity index is 260. The SMILES string of the molecule is CC(C)CCC(CN)(NC1CC=CC1)C1CC1. The summed E-state index contributed by atoms with van der Waals surface area (Å²) in [5.74, 6) is 1.62. The molecule has 0 spiro atoms. The Labute approximate surface area is 106 Å². The van der Waals surface area contributed by atoms with Crippen molar-refractivity contribution in [2.45, 2.75) is 64.0 Å². The zero-order chi connectivity index (χ0) is 12.3. The van der Waals surface area contributed by atoms with E-state index in [1.165, 1.54) is 38.5 Å². The Morgan fingerprint density at radius 2 is 1.94 bits per heavy atom. The Balaban J connectivity index is 1.94. The molecule has 17 heavy (non-hydrogen) atoms. The summed E-state index contributed by atoms with van der Waals surface area (Å²) in [4.78, 5) is 0. The van der Waals surface area contributed by atoms with E-state index in [1.54, 1.807) is 0 Å². The van der Waals surface area contributed by atoms with Gasteiger partial charge in [-0.3, -0.25) is 0 Å². The molecule has 0 bridgehead atoms. The number of rotatable bonds is 7. The second-order valence-electron chi connectivity index (χ2n) is 6.35. The van der Waals surface area contributed by atoms with Crippen molar-refractivity contribution >= 4 is 0 Å². The van der Waals surface area contributed by atoms with Crippen LogP contribution in [0.4, 0.5) is 0 Å². The van der Waals surface area contributed by atoms with E-state index in [0.717, 1.165) is 18.4 Å². The van der Waals surface area contributed by atoms with E-state index < -0.39 is 0 Å². The first-order valence-corrected chi connectivity index (χ1v) is 7.29. The minimum Gasteiger partial charge on any atom is -0.329 e. The molecule has 3 N–H and O–H groups in total. The zero-order valence-corrected chi connectivity index (χ0v) is 11.4. The van der Waals surface area contributed by atoms with E-state index in [9.17, 15) is 0 Å². The monoisotopic (exact) mass is 236 g/mol. The van der Waals surface area contributed by atoms with Crippen LogP contribution >= 0.6 is 0 Å². The largest absolute Gasteiger partial charge is 0.329 e. The average molecular weight is 236 g/mol. The second kappa shape index (κ2) is 5.53. The lowest BCUT2D eigenvalue weighted by atomic mass is 9.84. The molecule has 0 heterocycles. The van der Waals surface area contributed by atoms with Gasteiger partial charge < -0.3 is 11.1 Å². The number of hydrogen-bond donors (Lipinski definition) is 2. The van der Waals surface area contributed by atoms with Crippen LogP contribution in [0.25, 0.3) is 0 Å². The molecule has 1 unspecified atom stereocenters. The third kappa shape index (κ3) is 3.32. The molecular weight excluding hydrogens is 208 g/mol. The molecule has 0 aliphatic heterocycles. The topological polar surface area (TPSA) is 38.0 Å². The fourth-order valence-corrected chi connectivity index (χ4v) is 3.05. The van der Waals surface area contributed by atoms with Crippen LogP contribution < -0.4 is 11.1 Å². The highest BCUT2D eigenvalue weighted by molar-refractivity contribution is 5.07. The van der Waals surface area contributed by atoms with Crippen LogP contribution in [0.15, 0.2) is 12.2 Å². The van der Waals surface area contributed by atoms with Gasteiger partial charge in [0.1, 0.15) is 0 Å². The van der Waals surface area contributed by atoms with Gasteiger partial charge >= 0.3 is 0 Å². The summed E-state index contributed by atoms with van der Waals surface area (Å²) in [6.45, 7) is 5.43. The quantitative estimate of drug-likeness (QED) is 0.667. The molecule has 0 aromatic heterocycles. The molecule has 2 nitrogen and oxygen atoms in total. The molecule has 1 fully saturated rings. The lowest BCUT2D eigenvalue weighted by Crippen LogP contribution is -2.56. The van der Waals surface area contributed by atoms with Crippen molar-refractivity contribution in [2.24, 2.45) is 17.6 Å². The van der Waals surface area contributed by atoms with Crippen molar-refractivity contribution in [2.75, 3.05) is 6.54 Å². The second-order valence-corrected chi connectivity index (χ2v) is 6.35. The van der Waals surface area contributed by atoms with E-state index in [4.69, 9.17) is 5.73 Å². The molecule has 0 aromatic carbocycles. The van der Waals surface area contributed by atoms with E-state index in [-0.39, 0.29) is 5.54 Å². The molecule has 2 heteroatoms. The summed E-state index contributed by atoms with van der Waals surface area (Å²) in [6, 6.07) is 0.645. The van der Waals surface area contributed by atoms with Crippen LogP contribution in [0, 0.1) is 11.8 Å². The third-order valence-electron chi connectivity index (χ3n) is 4.39. The smallest absolute Gasteiger partial charge is 0.0335 e. The number of nitrogens with one attached hydrogen (secondary N) is 1. The van der Waals surface area contributed by atoms with Gasteiger partial charge in [-0.1, -0.05) is 26.0 Å². The van der Waals surface area contributed by atoms with Crippen LogP contribution in [0.2, 0.25) is 0 Å². The highest BCUT2D eigenvalue weighted by Crippen LogP contribution is 2.43. The minimum atomic E-state index is 0.237. The molecule has 2 aliphatic carbocycles. The minimum absolute atomic E-state index is 0.237. The highest BCUT2D eigenvalue weighted by atomic mass is 15.0. The Hall–Kier alpha value is -0.340. The number of nitrogens with two attached hydrogens (primary N) is 1. The van der Waals surface area contributed by atoms with Crippen LogP contribution in [0.1, 0.15) is 52.4 Å². The van der Waals surface area contributed by atoms with Crippen LogP contribution in [-0.2, 0) is 0 Å². The van der Waals surface area contributed by atoms with Crippen molar-refractivity contribution in [1.29, 1.82) is 0 Å². The highest BCUT2D eigenvalue weighted by Gasteiger charge is 2.44. The van der Waals surface area contributed by atoms with Gasteiger partial charge in [-0.25, -0.2) is 0 Å². The van der Waals surface area contributed by atoms with Gasteiger partial charge in [0, 0.05) is 18.1 Å². The van der Waals surface area contributed by atoms with Crippen LogP contribution in [-0.4, -0.2) is 18.1 Å². The zero-order valence-electron chi connectivity index (χ0n) is 11.4. The summed E-state index contributed by atoms with van der Waals surface area (Å²) in [7, 11) is 0. The molecule has 1 saturated carbocycles. The van der Waals surface area contributed by atoms with Gasteiger partial charge in [0.05, 0.1) is 0 Å². The summed E-state index contributed by atoms with van der Waals surface area (Å²) in [6.07, 6.45) is 12.3. The maximum atomic E-state index is 6.13. The van der Waals surface area contributed by atoms with Crippen LogP contribution in [0.5, 0.6) is 0 Å². The average Bonchev–Trinajstić information content (AvgIpc) is 3.04. The van der Waals surface area contributed by atoms with Crippen LogP contribution in [0.3, 0.4) is 0 Å². The molecule has 0 saturated heterocycles. The lowest BCUT2D eigenvalue weighted by molar-refractivity contribution is 0.226. The van der Waals surface area contributed by atoms with E-state index in [2.05, 4.69) is 31.3 Å². The van der Waals surface area contributed by atoms with E-state index in [0.29, 0.717) is 6.04 Å². The van der Waals surface area contributed by atoms with Gasteiger partial charge in [0.25, 0.3) is 0 Å². The standard InChI is InChI=1S/C15H28N2/c1-12(2)9-10-15(11-16,13-7-8-13)17-14-5-3-4-6-14/h3-4,12-14,17H,5-11,16H2,1-2H3. The predicted molar refractivity (Wildman–Crippen MR) is 73.9 cm³/mol. The molecule has 0 radical (unpaired) electrons. The fraction of sp³-hybridized carbons (Fsp3) is 0.867. The molecule has 1 atom stereocenters. The van der Waals surface area contributed by atoms with Crippen molar-refractivity contribution in [3.63, 3.8) is 0 Å². The molecule has 0 aromatic rings. The fourth-order valence-electron chi connectivity index (χ4n) is 3.05. The molecule has 0 amide bonds. The molecule has 2 aliphatic rings. The molecule has 98 valence electrons. The molecule has 2 rings (SSSR count). The molecular formula is C15H28N2. The van der Waals surface area contributed by atoms with Gasteiger partial charge in [-0.15, -0.1) is 0 Å².